The number of nitrogen functional groups attached to an aromatic ring is 1. The monoisotopic (exact) mass is 237 g/mol. The van der Waals surface area contributed by atoms with Crippen molar-refractivity contribution in [1.82, 2.24) is 9.78 Å². The number of phenolic OH excluding ortho intramolecular Hbond substituents is 1. The average Bonchev–Trinajstić information content (AvgIpc) is 2.64. The number of benzene rings is 1. The lowest BCUT2D eigenvalue weighted by molar-refractivity contribution is 0.357. The van der Waals surface area contributed by atoms with E-state index < -0.39 is 11.6 Å². The van der Waals surface area contributed by atoms with Crippen LogP contribution in [-0.2, 0) is 7.05 Å². The fourth-order valence-electron chi connectivity index (χ4n) is 1.55. The van der Waals surface area contributed by atoms with Crippen LogP contribution in [0.5, 0.6) is 11.5 Å². The lowest BCUT2D eigenvalue weighted by atomic mass is 10.1. The summed E-state index contributed by atoms with van der Waals surface area (Å²) in [5.74, 6) is -0.804. The number of methoxy groups -OCH3 is 1. The third-order valence-electron chi connectivity index (χ3n) is 2.54. The summed E-state index contributed by atoms with van der Waals surface area (Å²) in [6.45, 7) is 0. The summed E-state index contributed by atoms with van der Waals surface area (Å²) in [5.41, 5.74) is 6.88. The highest BCUT2D eigenvalue weighted by atomic mass is 19.1. The van der Waals surface area contributed by atoms with E-state index in [0.717, 1.165) is 0 Å². The maximum absolute atomic E-state index is 13.5. The van der Waals surface area contributed by atoms with E-state index in [0.29, 0.717) is 16.9 Å². The number of hydrogen-bond donors (Lipinski definition) is 2. The van der Waals surface area contributed by atoms with Crippen LogP contribution in [0.4, 0.5) is 10.2 Å². The standard InChI is InChI=1S/C11H12FN3O2/c1-15-11(13)7(5-14-15)6-3-8(12)10(16)9(4-6)17-2/h3-5,16H,13H2,1-2H3. The zero-order valence-corrected chi connectivity index (χ0v) is 9.44. The first kappa shape index (κ1) is 11.3. The van der Waals surface area contributed by atoms with Gasteiger partial charge in [0, 0.05) is 12.6 Å². The van der Waals surface area contributed by atoms with Gasteiger partial charge in [-0.2, -0.15) is 5.10 Å². The van der Waals surface area contributed by atoms with E-state index in [4.69, 9.17) is 10.5 Å². The summed E-state index contributed by atoms with van der Waals surface area (Å²) in [5, 5.41) is 13.4. The van der Waals surface area contributed by atoms with Crippen LogP contribution in [0, 0.1) is 5.82 Å². The van der Waals surface area contributed by atoms with Gasteiger partial charge >= 0.3 is 0 Å². The lowest BCUT2D eigenvalue weighted by Gasteiger charge is -2.07. The Labute approximate surface area is 97.2 Å². The number of rotatable bonds is 2. The highest BCUT2D eigenvalue weighted by Gasteiger charge is 2.14. The summed E-state index contributed by atoms with van der Waals surface area (Å²) in [6.07, 6.45) is 1.53. The van der Waals surface area contributed by atoms with Crippen LogP contribution in [0.15, 0.2) is 18.3 Å². The quantitative estimate of drug-likeness (QED) is 0.830. The second-order valence-electron chi connectivity index (χ2n) is 3.58. The molecule has 0 atom stereocenters. The van der Waals surface area contributed by atoms with Crippen molar-refractivity contribution in [3.63, 3.8) is 0 Å². The molecule has 1 aromatic heterocycles. The molecule has 0 aliphatic carbocycles. The number of aryl methyl sites for hydroxylation is 1. The van der Waals surface area contributed by atoms with Crippen LogP contribution in [0.1, 0.15) is 0 Å². The molecule has 17 heavy (non-hydrogen) atoms. The van der Waals surface area contributed by atoms with E-state index in [1.165, 1.54) is 30.1 Å². The smallest absolute Gasteiger partial charge is 0.194 e. The summed E-state index contributed by atoms with van der Waals surface area (Å²) in [7, 11) is 3.04. The summed E-state index contributed by atoms with van der Waals surface area (Å²) < 4.78 is 19.8. The number of hydrogen-bond acceptors (Lipinski definition) is 4. The minimum atomic E-state index is -0.761. The van der Waals surface area contributed by atoms with Gasteiger partial charge in [0.25, 0.3) is 0 Å². The second-order valence-corrected chi connectivity index (χ2v) is 3.58. The zero-order valence-electron chi connectivity index (χ0n) is 9.44. The number of ether oxygens (including phenoxy) is 1. The Bertz CT molecular complexity index is 566. The van der Waals surface area contributed by atoms with E-state index >= 15 is 0 Å². The highest BCUT2D eigenvalue weighted by Crippen LogP contribution is 2.35. The third kappa shape index (κ3) is 1.77. The van der Waals surface area contributed by atoms with Crippen LogP contribution in [0.3, 0.4) is 0 Å². The Morgan fingerprint density at radius 3 is 2.71 bits per heavy atom. The van der Waals surface area contributed by atoms with Gasteiger partial charge in [0.05, 0.1) is 13.3 Å². The Balaban J connectivity index is 2.61. The van der Waals surface area contributed by atoms with Crippen molar-refractivity contribution >= 4 is 5.82 Å². The van der Waals surface area contributed by atoms with Crippen LogP contribution in [-0.4, -0.2) is 22.0 Å². The molecule has 0 saturated carbocycles. The largest absolute Gasteiger partial charge is 0.502 e. The molecule has 0 radical (unpaired) electrons. The molecule has 0 aliphatic heterocycles. The van der Waals surface area contributed by atoms with E-state index in [-0.39, 0.29) is 5.75 Å². The Hall–Kier alpha value is -2.24. The van der Waals surface area contributed by atoms with Gasteiger partial charge in [-0.3, -0.25) is 4.68 Å². The first-order valence-electron chi connectivity index (χ1n) is 4.89. The van der Waals surface area contributed by atoms with Crippen LogP contribution in [0.2, 0.25) is 0 Å². The van der Waals surface area contributed by atoms with Crippen LogP contribution < -0.4 is 10.5 Å². The number of nitrogens with zero attached hydrogens (tertiary/aromatic N) is 2. The van der Waals surface area contributed by atoms with Gasteiger partial charge in [0.1, 0.15) is 5.82 Å². The molecule has 0 fully saturated rings. The number of halogens is 1. The lowest BCUT2D eigenvalue weighted by Crippen LogP contribution is -1.98. The van der Waals surface area contributed by atoms with E-state index in [1.54, 1.807) is 7.05 Å². The summed E-state index contributed by atoms with van der Waals surface area (Å²) in [6, 6.07) is 2.69. The molecule has 0 spiro atoms. The third-order valence-corrected chi connectivity index (χ3v) is 2.54. The minimum absolute atomic E-state index is 0.0586. The number of phenols is 1. The normalized spacial score (nSPS) is 10.5. The van der Waals surface area contributed by atoms with Crippen molar-refractivity contribution in [1.29, 1.82) is 0 Å². The predicted molar refractivity (Wildman–Crippen MR) is 61.2 cm³/mol. The molecule has 1 heterocycles. The molecular formula is C11H12FN3O2. The van der Waals surface area contributed by atoms with Gasteiger partial charge in [-0.25, -0.2) is 4.39 Å². The van der Waals surface area contributed by atoms with Gasteiger partial charge < -0.3 is 15.6 Å². The molecule has 0 bridgehead atoms. The van der Waals surface area contributed by atoms with Gasteiger partial charge in [0.15, 0.2) is 17.3 Å². The topological polar surface area (TPSA) is 73.3 Å². The highest BCUT2D eigenvalue weighted by molar-refractivity contribution is 5.75. The maximum atomic E-state index is 13.5. The Morgan fingerprint density at radius 1 is 1.47 bits per heavy atom. The number of aromatic hydroxyl groups is 1. The summed E-state index contributed by atoms with van der Waals surface area (Å²) >= 11 is 0. The van der Waals surface area contributed by atoms with Crippen LogP contribution in [0.25, 0.3) is 11.1 Å². The average molecular weight is 237 g/mol. The van der Waals surface area contributed by atoms with Crippen molar-refractivity contribution in [2.75, 3.05) is 12.8 Å². The van der Waals surface area contributed by atoms with E-state index in [2.05, 4.69) is 5.10 Å². The van der Waals surface area contributed by atoms with Gasteiger partial charge in [-0.05, 0) is 17.7 Å². The van der Waals surface area contributed by atoms with Crippen molar-refractivity contribution in [3.8, 4) is 22.6 Å². The van der Waals surface area contributed by atoms with Crippen LogP contribution >= 0.6 is 0 Å². The molecule has 6 heteroatoms. The molecule has 0 aliphatic rings. The first-order valence-corrected chi connectivity index (χ1v) is 4.89. The molecule has 2 aromatic rings. The fourth-order valence-corrected chi connectivity index (χ4v) is 1.55. The minimum Gasteiger partial charge on any atom is -0.502 e. The van der Waals surface area contributed by atoms with Crippen molar-refractivity contribution in [3.05, 3.63) is 24.1 Å². The van der Waals surface area contributed by atoms with Crippen molar-refractivity contribution in [2.45, 2.75) is 0 Å². The van der Waals surface area contributed by atoms with Crippen molar-refractivity contribution in [2.24, 2.45) is 7.05 Å². The maximum Gasteiger partial charge on any atom is 0.194 e. The number of anilines is 1. The molecule has 3 N–H and O–H groups in total. The molecule has 90 valence electrons. The molecule has 5 nitrogen and oxygen atoms in total. The number of nitrogens with two attached hydrogens (primary N) is 1. The molecular weight excluding hydrogens is 225 g/mol. The predicted octanol–water partition coefficient (Wildman–Crippen LogP) is 1.52. The SMILES string of the molecule is COc1cc(-c2cnn(C)c2N)cc(F)c1O. The Kier molecular flexibility index (Phi) is 2.63. The van der Waals surface area contributed by atoms with Gasteiger partial charge in [-0.1, -0.05) is 0 Å². The summed E-state index contributed by atoms with van der Waals surface area (Å²) in [4.78, 5) is 0. The molecule has 0 saturated heterocycles. The van der Waals surface area contributed by atoms with Gasteiger partial charge in [0.2, 0.25) is 0 Å². The zero-order chi connectivity index (χ0) is 12.6. The molecule has 0 amide bonds. The van der Waals surface area contributed by atoms with Gasteiger partial charge in [-0.15, -0.1) is 0 Å². The second kappa shape index (κ2) is 3.97. The van der Waals surface area contributed by atoms with E-state index in [9.17, 15) is 9.50 Å². The van der Waals surface area contributed by atoms with Crippen molar-refractivity contribution < 1.29 is 14.2 Å². The molecule has 2 rings (SSSR count). The molecule has 1 aromatic carbocycles. The first-order chi connectivity index (χ1) is 8.04. The number of aromatic nitrogens is 2. The fraction of sp³-hybridized carbons (Fsp3) is 0.182. The van der Waals surface area contributed by atoms with E-state index in [1.807, 2.05) is 0 Å². The molecule has 0 unspecified atom stereocenters. The Morgan fingerprint density at radius 2 is 2.18 bits per heavy atom.